The Balaban J connectivity index is 2.54. The van der Waals surface area contributed by atoms with E-state index in [1.807, 2.05) is 12.3 Å². The van der Waals surface area contributed by atoms with Crippen molar-refractivity contribution in [1.82, 2.24) is 4.98 Å². The molecule has 1 aliphatic heterocycles. The summed E-state index contributed by atoms with van der Waals surface area (Å²) in [5, 5.41) is 0. The molecule has 2 heterocycles. The summed E-state index contributed by atoms with van der Waals surface area (Å²) in [6.07, 6.45) is 5.42. The smallest absolute Gasteiger partial charge is 0.115 e. The van der Waals surface area contributed by atoms with E-state index in [1.165, 1.54) is 0 Å². The van der Waals surface area contributed by atoms with Gasteiger partial charge in [0.2, 0.25) is 0 Å². The highest BCUT2D eigenvalue weighted by Crippen LogP contribution is 2.33. The molecule has 0 aliphatic carbocycles. The molecule has 1 aliphatic rings. The molecule has 0 radical (unpaired) electrons. The first-order chi connectivity index (χ1) is 6.59. The lowest BCUT2D eigenvalue weighted by molar-refractivity contribution is 0.556. The maximum absolute atomic E-state index is 4.15. The molecular formula is C11H13N3. The van der Waals surface area contributed by atoms with Gasteiger partial charge >= 0.3 is 0 Å². The van der Waals surface area contributed by atoms with Gasteiger partial charge in [-0.2, -0.15) is 0 Å². The minimum atomic E-state index is 0.0407. The molecule has 0 aromatic carbocycles. The molecule has 0 spiro atoms. The largest absolute Gasteiger partial charge is 0.333 e. The molecule has 0 bridgehead atoms. The predicted octanol–water partition coefficient (Wildman–Crippen LogP) is 2.52. The van der Waals surface area contributed by atoms with E-state index in [-0.39, 0.29) is 5.54 Å². The number of hydrogen-bond donors (Lipinski definition) is 0. The van der Waals surface area contributed by atoms with Crippen molar-refractivity contribution in [1.29, 1.82) is 0 Å². The second-order valence-electron chi connectivity index (χ2n) is 4.28. The number of rotatable bonds is 0. The standard InChI is InChI=1S/C11H13N3/c1-11(2,3)14-7-6-13-9-8-12-5-4-10(9)14/h4-5,7-8H,1-3H3. The van der Waals surface area contributed by atoms with Crippen molar-refractivity contribution in [3.63, 3.8) is 0 Å². The van der Waals surface area contributed by atoms with Gasteiger partial charge < -0.3 is 4.90 Å². The van der Waals surface area contributed by atoms with Crippen molar-refractivity contribution in [2.75, 3.05) is 4.90 Å². The minimum Gasteiger partial charge on any atom is -0.333 e. The average molecular weight is 187 g/mol. The summed E-state index contributed by atoms with van der Waals surface area (Å²) in [5.74, 6) is 2.88. The molecule has 0 amide bonds. The van der Waals surface area contributed by atoms with Crippen molar-refractivity contribution in [3.05, 3.63) is 24.7 Å². The summed E-state index contributed by atoms with van der Waals surface area (Å²) >= 11 is 0. The van der Waals surface area contributed by atoms with Crippen molar-refractivity contribution in [3.8, 4) is 0 Å². The summed E-state index contributed by atoms with van der Waals surface area (Å²) in [7, 11) is 0. The van der Waals surface area contributed by atoms with E-state index >= 15 is 0 Å². The molecule has 0 N–H and O–H groups in total. The molecule has 0 unspecified atom stereocenters. The van der Waals surface area contributed by atoms with E-state index in [4.69, 9.17) is 0 Å². The van der Waals surface area contributed by atoms with E-state index in [1.54, 1.807) is 12.4 Å². The Hall–Kier alpha value is -1.60. The molecule has 0 atom stereocenters. The SMILES string of the molecule is CC(C)(C)N1C=C=Nc2cnccc21. The van der Waals surface area contributed by atoms with Crippen LogP contribution in [0.2, 0.25) is 0 Å². The Morgan fingerprint density at radius 1 is 1.36 bits per heavy atom. The van der Waals surface area contributed by atoms with Gasteiger partial charge in [-0.3, -0.25) is 4.98 Å². The molecule has 14 heavy (non-hydrogen) atoms. The molecule has 0 saturated heterocycles. The first-order valence-electron chi connectivity index (χ1n) is 4.62. The topological polar surface area (TPSA) is 28.5 Å². The quantitative estimate of drug-likeness (QED) is 0.624. The fraction of sp³-hybridized carbons (Fsp3) is 0.364. The summed E-state index contributed by atoms with van der Waals surface area (Å²) < 4.78 is 0. The van der Waals surface area contributed by atoms with Crippen LogP contribution in [0.25, 0.3) is 0 Å². The molecule has 3 heteroatoms. The lowest BCUT2D eigenvalue weighted by Gasteiger charge is -2.35. The lowest BCUT2D eigenvalue weighted by atomic mass is 10.1. The molecule has 2 rings (SSSR count). The van der Waals surface area contributed by atoms with Gasteiger partial charge in [0.1, 0.15) is 5.69 Å². The first-order valence-corrected chi connectivity index (χ1v) is 4.62. The van der Waals surface area contributed by atoms with Crippen molar-refractivity contribution in [2.45, 2.75) is 26.3 Å². The lowest BCUT2D eigenvalue weighted by Crippen LogP contribution is -2.37. The second kappa shape index (κ2) is 2.96. The fourth-order valence-electron chi connectivity index (χ4n) is 1.45. The van der Waals surface area contributed by atoms with E-state index in [2.05, 4.69) is 41.5 Å². The summed E-state index contributed by atoms with van der Waals surface area (Å²) in [4.78, 5) is 10.3. The van der Waals surface area contributed by atoms with Gasteiger partial charge in [0.25, 0.3) is 0 Å². The van der Waals surface area contributed by atoms with E-state index in [0.717, 1.165) is 11.4 Å². The molecule has 1 aromatic rings. The van der Waals surface area contributed by atoms with Gasteiger partial charge in [0, 0.05) is 17.6 Å². The number of aromatic nitrogens is 1. The molecule has 0 fully saturated rings. The maximum Gasteiger partial charge on any atom is 0.115 e. The number of hydrogen-bond acceptors (Lipinski definition) is 3. The summed E-state index contributed by atoms with van der Waals surface area (Å²) in [6.45, 7) is 6.46. The Morgan fingerprint density at radius 3 is 2.86 bits per heavy atom. The zero-order chi connectivity index (χ0) is 10.2. The molecule has 72 valence electrons. The van der Waals surface area contributed by atoms with E-state index in [9.17, 15) is 0 Å². The normalized spacial score (nSPS) is 14.4. The van der Waals surface area contributed by atoms with Crippen molar-refractivity contribution < 1.29 is 0 Å². The van der Waals surface area contributed by atoms with Crippen LogP contribution >= 0.6 is 0 Å². The van der Waals surface area contributed by atoms with E-state index in [0.29, 0.717) is 0 Å². The fourth-order valence-corrected chi connectivity index (χ4v) is 1.45. The number of aliphatic imine (C=N–C) groups is 1. The van der Waals surface area contributed by atoms with Gasteiger partial charge in [0.15, 0.2) is 0 Å². The molecule has 1 aromatic heterocycles. The van der Waals surface area contributed by atoms with Crippen LogP contribution in [-0.4, -0.2) is 16.4 Å². The molecule has 0 saturated carbocycles. The van der Waals surface area contributed by atoms with Gasteiger partial charge in [-0.15, -0.1) is 0 Å². The van der Waals surface area contributed by atoms with Crippen LogP contribution in [0.4, 0.5) is 11.4 Å². The minimum absolute atomic E-state index is 0.0407. The molecule has 3 nitrogen and oxygen atoms in total. The first kappa shape index (κ1) is 8.97. The van der Waals surface area contributed by atoms with Gasteiger partial charge in [0.05, 0.1) is 18.1 Å². The highest BCUT2D eigenvalue weighted by atomic mass is 15.2. The van der Waals surface area contributed by atoms with Gasteiger partial charge in [-0.05, 0) is 26.8 Å². The van der Waals surface area contributed by atoms with Gasteiger partial charge in [-0.1, -0.05) is 0 Å². The third kappa shape index (κ3) is 1.42. The highest BCUT2D eigenvalue weighted by Gasteiger charge is 2.23. The van der Waals surface area contributed by atoms with Crippen LogP contribution in [-0.2, 0) is 0 Å². The zero-order valence-corrected chi connectivity index (χ0v) is 8.65. The van der Waals surface area contributed by atoms with Crippen LogP contribution in [0.1, 0.15) is 20.8 Å². The number of anilines is 1. The summed E-state index contributed by atoms with van der Waals surface area (Å²) in [6, 6.07) is 1.97. The van der Waals surface area contributed by atoms with E-state index < -0.39 is 0 Å². The van der Waals surface area contributed by atoms with Crippen molar-refractivity contribution >= 4 is 17.2 Å². The number of nitrogens with zero attached hydrogens (tertiary/aromatic N) is 3. The molecular weight excluding hydrogens is 174 g/mol. The summed E-state index contributed by atoms with van der Waals surface area (Å²) in [5.41, 5.74) is 2.01. The van der Waals surface area contributed by atoms with Crippen LogP contribution in [0, 0.1) is 0 Å². The van der Waals surface area contributed by atoms with Crippen LogP contribution in [0.15, 0.2) is 29.7 Å². The Bertz CT molecular complexity index is 409. The maximum atomic E-state index is 4.15. The Kier molecular flexibility index (Phi) is 1.90. The highest BCUT2D eigenvalue weighted by molar-refractivity contribution is 5.79. The van der Waals surface area contributed by atoms with Crippen LogP contribution in [0.5, 0.6) is 0 Å². The Labute approximate surface area is 83.8 Å². The van der Waals surface area contributed by atoms with Crippen molar-refractivity contribution in [2.24, 2.45) is 4.99 Å². The predicted molar refractivity (Wildman–Crippen MR) is 58.1 cm³/mol. The number of fused-ring (bicyclic) bond motifs is 1. The second-order valence-corrected chi connectivity index (χ2v) is 4.28. The third-order valence-corrected chi connectivity index (χ3v) is 2.13. The average Bonchev–Trinajstić information content (AvgIpc) is 2.15. The Morgan fingerprint density at radius 2 is 2.14 bits per heavy atom. The monoisotopic (exact) mass is 187 g/mol. The van der Waals surface area contributed by atoms with Gasteiger partial charge in [-0.25, -0.2) is 4.99 Å². The van der Waals surface area contributed by atoms with Crippen LogP contribution < -0.4 is 4.90 Å². The zero-order valence-electron chi connectivity index (χ0n) is 8.65. The number of pyridine rings is 1. The van der Waals surface area contributed by atoms with Crippen LogP contribution in [0.3, 0.4) is 0 Å². The third-order valence-electron chi connectivity index (χ3n) is 2.13.